The van der Waals surface area contributed by atoms with Crippen LogP contribution in [0.2, 0.25) is 0 Å². The van der Waals surface area contributed by atoms with Crippen molar-refractivity contribution < 1.29 is 4.79 Å². The molecule has 2 unspecified atom stereocenters. The fourth-order valence-electron chi connectivity index (χ4n) is 1.25. The second kappa shape index (κ2) is 4.93. The van der Waals surface area contributed by atoms with Crippen LogP contribution < -0.4 is 11.1 Å². The van der Waals surface area contributed by atoms with Gasteiger partial charge in [0.2, 0.25) is 5.91 Å². The van der Waals surface area contributed by atoms with Gasteiger partial charge in [0.25, 0.3) is 0 Å². The average Bonchev–Trinajstić information content (AvgIpc) is 2.68. The summed E-state index contributed by atoms with van der Waals surface area (Å²) in [6.45, 7) is 7.55. The molecule has 90 valence electrons. The van der Waals surface area contributed by atoms with Crippen LogP contribution in [-0.2, 0) is 10.3 Å². The van der Waals surface area contributed by atoms with E-state index in [1.54, 1.807) is 6.20 Å². The first-order valence-electron chi connectivity index (χ1n) is 5.32. The summed E-state index contributed by atoms with van der Waals surface area (Å²) in [5.41, 5.74) is 5.26. The van der Waals surface area contributed by atoms with Crippen LogP contribution in [0.1, 0.15) is 32.7 Å². The average molecular weight is 241 g/mol. The summed E-state index contributed by atoms with van der Waals surface area (Å²) in [7, 11) is 0. The number of nitrogens with one attached hydrogen (secondary N) is 1. The molecule has 5 heteroatoms. The Kier molecular flexibility index (Phi) is 4.04. The molecule has 0 fully saturated rings. The fourth-order valence-corrected chi connectivity index (χ4v) is 1.96. The van der Waals surface area contributed by atoms with Gasteiger partial charge in [-0.25, -0.2) is 4.98 Å². The van der Waals surface area contributed by atoms with Crippen molar-refractivity contribution in [2.24, 2.45) is 11.7 Å². The van der Waals surface area contributed by atoms with Crippen LogP contribution in [-0.4, -0.2) is 16.9 Å². The molecule has 0 aromatic carbocycles. The number of carbonyl (C=O) groups excluding carboxylic acids is 1. The lowest BCUT2D eigenvalue weighted by atomic mass is 10.0. The highest BCUT2D eigenvalue weighted by molar-refractivity contribution is 7.09. The van der Waals surface area contributed by atoms with Crippen molar-refractivity contribution in [3.8, 4) is 0 Å². The lowest BCUT2D eigenvalue weighted by Crippen LogP contribution is -2.47. The summed E-state index contributed by atoms with van der Waals surface area (Å²) in [5.74, 6) is -0.227. The Morgan fingerprint density at radius 2 is 2.19 bits per heavy atom. The van der Waals surface area contributed by atoms with Gasteiger partial charge in [0.05, 0.1) is 5.54 Å². The minimum Gasteiger partial charge on any atom is -0.344 e. The third-order valence-electron chi connectivity index (χ3n) is 2.60. The summed E-state index contributed by atoms with van der Waals surface area (Å²) in [6, 6.07) is -0.146. The number of hydrogen-bond donors (Lipinski definition) is 2. The molecule has 1 aromatic rings. The summed E-state index contributed by atoms with van der Waals surface area (Å²) in [5, 5.41) is 5.77. The summed E-state index contributed by atoms with van der Waals surface area (Å²) >= 11 is 1.53. The first kappa shape index (κ1) is 13.1. The largest absolute Gasteiger partial charge is 0.344 e. The van der Waals surface area contributed by atoms with Gasteiger partial charge < -0.3 is 11.1 Å². The molecular formula is C11H19N3OS. The van der Waals surface area contributed by atoms with E-state index < -0.39 is 5.54 Å². The Morgan fingerprint density at radius 1 is 1.56 bits per heavy atom. The molecule has 3 N–H and O–H groups in total. The SMILES string of the molecule is CC(N)C(C)C(=O)NC(C)(C)c1nccs1. The molecule has 0 radical (unpaired) electrons. The topological polar surface area (TPSA) is 68.0 Å². The predicted molar refractivity (Wildman–Crippen MR) is 66.1 cm³/mol. The molecule has 16 heavy (non-hydrogen) atoms. The molecule has 0 spiro atoms. The molecule has 0 aliphatic heterocycles. The quantitative estimate of drug-likeness (QED) is 0.839. The van der Waals surface area contributed by atoms with Gasteiger partial charge in [-0.1, -0.05) is 6.92 Å². The lowest BCUT2D eigenvalue weighted by Gasteiger charge is -2.26. The number of nitrogens with zero attached hydrogens (tertiary/aromatic N) is 1. The highest BCUT2D eigenvalue weighted by Crippen LogP contribution is 2.22. The van der Waals surface area contributed by atoms with Crippen LogP contribution in [0.5, 0.6) is 0 Å². The van der Waals surface area contributed by atoms with Gasteiger partial charge in [-0.3, -0.25) is 4.79 Å². The zero-order chi connectivity index (χ0) is 12.3. The van der Waals surface area contributed by atoms with Crippen molar-refractivity contribution >= 4 is 17.2 Å². The summed E-state index contributed by atoms with van der Waals surface area (Å²) in [4.78, 5) is 16.1. The maximum absolute atomic E-state index is 11.9. The smallest absolute Gasteiger partial charge is 0.225 e. The van der Waals surface area contributed by atoms with Crippen LogP contribution in [0.25, 0.3) is 0 Å². The van der Waals surface area contributed by atoms with Crippen LogP contribution in [0.3, 0.4) is 0 Å². The van der Waals surface area contributed by atoms with Crippen LogP contribution in [0, 0.1) is 5.92 Å². The molecular weight excluding hydrogens is 222 g/mol. The number of aromatic nitrogens is 1. The third kappa shape index (κ3) is 3.02. The highest BCUT2D eigenvalue weighted by Gasteiger charge is 2.28. The number of hydrogen-bond acceptors (Lipinski definition) is 4. The van der Waals surface area contributed by atoms with E-state index >= 15 is 0 Å². The Bertz CT molecular complexity index is 346. The van der Waals surface area contributed by atoms with Crippen molar-refractivity contribution in [2.45, 2.75) is 39.3 Å². The summed E-state index contributed by atoms with van der Waals surface area (Å²) < 4.78 is 0. The van der Waals surface area contributed by atoms with Crippen molar-refractivity contribution in [3.63, 3.8) is 0 Å². The first-order chi connectivity index (χ1) is 7.34. The van der Waals surface area contributed by atoms with Crippen LogP contribution in [0.4, 0.5) is 0 Å². The van der Waals surface area contributed by atoms with Gasteiger partial charge >= 0.3 is 0 Å². The van der Waals surface area contributed by atoms with Gasteiger partial charge in [0, 0.05) is 23.5 Å². The second-order valence-corrected chi connectivity index (χ2v) is 5.49. The number of carbonyl (C=O) groups is 1. The van der Waals surface area contributed by atoms with E-state index in [2.05, 4.69) is 10.3 Å². The molecule has 0 saturated heterocycles. The number of rotatable bonds is 4. The number of nitrogens with two attached hydrogens (primary N) is 1. The molecule has 1 rings (SSSR count). The molecule has 1 aromatic heterocycles. The van der Waals surface area contributed by atoms with Gasteiger partial charge in [0.15, 0.2) is 0 Å². The van der Waals surface area contributed by atoms with Crippen molar-refractivity contribution in [1.82, 2.24) is 10.3 Å². The molecule has 0 saturated carbocycles. The van der Waals surface area contributed by atoms with Gasteiger partial charge in [-0.05, 0) is 20.8 Å². The first-order valence-corrected chi connectivity index (χ1v) is 6.20. The van der Waals surface area contributed by atoms with Crippen molar-refractivity contribution in [1.29, 1.82) is 0 Å². The second-order valence-electron chi connectivity index (χ2n) is 4.60. The molecule has 2 atom stereocenters. The molecule has 0 aliphatic rings. The van der Waals surface area contributed by atoms with E-state index in [4.69, 9.17) is 5.73 Å². The van der Waals surface area contributed by atoms with Gasteiger partial charge in [-0.2, -0.15) is 0 Å². The molecule has 0 bridgehead atoms. The number of amides is 1. The standard InChI is InChI=1S/C11H19N3OS/c1-7(8(2)12)9(15)14-11(3,4)10-13-5-6-16-10/h5-8H,12H2,1-4H3,(H,14,15). The van der Waals surface area contributed by atoms with Gasteiger partial charge in [-0.15, -0.1) is 11.3 Å². The summed E-state index contributed by atoms with van der Waals surface area (Å²) in [6.07, 6.45) is 1.74. The minimum absolute atomic E-state index is 0.0322. The number of thiazole rings is 1. The van der Waals surface area contributed by atoms with E-state index in [1.807, 2.05) is 33.1 Å². The fraction of sp³-hybridized carbons (Fsp3) is 0.636. The Morgan fingerprint density at radius 3 is 2.62 bits per heavy atom. The van der Waals surface area contributed by atoms with Crippen molar-refractivity contribution in [2.75, 3.05) is 0 Å². The zero-order valence-corrected chi connectivity index (χ0v) is 11.0. The monoisotopic (exact) mass is 241 g/mol. The Hall–Kier alpha value is -0.940. The van der Waals surface area contributed by atoms with E-state index in [1.165, 1.54) is 11.3 Å². The molecule has 4 nitrogen and oxygen atoms in total. The predicted octanol–water partition coefficient (Wildman–Crippen LogP) is 1.48. The zero-order valence-electron chi connectivity index (χ0n) is 10.2. The normalized spacial score (nSPS) is 15.6. The molecule has 1 amide bonds. The molecule has 1 heterocycles. The van der Waals surface area contributed by atoms with E-state index in [0.717, 1.165) is 5.01 Å². The van der Waals surface area contributed by atoms with E-state index in [9.17, 15) is 4.79 Å². The lowest BCUT2D eigenvalue weighted by molar-refractivity contribution is -0.126. The van der Waals surface area contributed by atoms with E-state index in [-0.39, 0.29) is 17.9 Å². The Balaban J connectivity index is 2.70. The minimum atomic E-state index is -0.436. The third-order valence-corrected chi connectivity index (χ3v) is 3.70. The maximum Gasteiger partial charge on any atom is 0.225 e. The Labute approximate surface area is 100 Å². The van der Waals surface area contributed by atoms with Crippen LogP contribution >= 0.6 is 11.3 Å². The van der Waals surface area contributed by atoms with Gasteiger partial charge in [0.1, 0.15) is 5.01 Å². The van der Waals surface area contributed by atoms with E-state index in [0.29, 0.717) is 0 Å². The van der Waals surface area contributed by atoms with Crippen molar-refractivity contribution in [3.05, 3.63) is 16.6 Å². The highest BCUT2D eigenvalue weighted by atomic mass is 32.1. The maximum atomic E-state index is 11.9. The molecule has 0 aliphatic carbocycles. The van der Waals surface area contributed by atoms with Crippen LogP contribution in [0.15, 0.2) is 11.6 Å².